The fourth-order valence-electron chi connectivity index (χ4n) is 2.25. The third kappa shape index (κ3) is 5.38. The van der Waals surface area contributed by atoms with Crippen molar-refractivity contribution in [2.24, 2.45) is 0 Å². The molecule has 0 atom stereocenters. The molecule has 0 saturated carbocycles. The van der Waals surface area contributed by atoms with Crippen LogP contribution in [0.5, 0.6) is 0 Å². The summed E-state index contributed by atoms with van der Waals surface area (Å²) in [6.07, 6.45) is 4.23. The number of hydrogen-bond donors (Lipinski definition) is 1. The Bertz CT molecular complexity index is 617. The Hall–Kier alpha value is -2.40. The second-order valence-corrected chi connectivity index (χ2v) is 5.38. The van der Waals surface area contributed by atoms with Crippen molar-refractivity contribution in [1.29, 1.82) is 0 Å². The zero-order valence-corrected chi connectivity index (χ0v) is 13.7. The van der Waals surface area contributed by atoms with E-state index in [4.69, 9.17) is 4.74 Å². The number of methoxy groups -OCH3 is 1. The number of pyridine rings is 1. The molecule has 2 rings (SSSR count). The standard InChI is InChI=1S/C18H23N3O2/c1-21(14-15-7-4-3-5-8-15)18(22)16-11-17(13-19-12-16)20-9-6-10-23-2/h3-5,7-8,11-13,20H,6,9-10,14H2,1-2H3. The minimum absolute atomic E-state index is 0.0399. The van der Waals surface area contributed by atoms with Crippen LogP contribution in [0.15, 0.2) is 48.8 Å². The van der Waals surface area contributed by atoms with Gasteiger partial charge in [0, 0.05) is 46.2 Å². The quantitative estimate of drug-likeness (QED) is 0.761. The van der Waals surface area contributed by atoms with Crippen molar-refractivity contribution in [1.82, 2.24) is 9.88 Å². The number of aromatic nitrogens is 1. The monoisotopic (exact) mass is 313 g/mol. The Morgan fingerprint density at radius 2 is 2.04 bits per heavy atom. The number of ether oxygens (including phenoxy) is 1. The van der Waals surface area contributed by atoms with Crippen LogP contribution in [-0.4, -0.2) is 43.1 Å². The SMILES string of the molecule is COCCCNc1cncc(C(=O)N(C)Cc2ccccc2)c1. The van der Waals surface area contributed by atoms with E-state index in [2.05, 4.69) is 10.3 Å². The number of nitrogens with zero attached hydrogens (tertiary/aromatic N) is 2. The van der Waals surface area contributed by atoms with Crippen LogP contribution < -0.4 is 5.32 Å². The fourth-order valence-corrected chi connectivity index (χ4v) is 2.25. The highest BCUT2D eigenvalue weighted by atomic mass is 16.5. The van der Waals surface area contributed by atoms with E-state index in [1.165, 1.54) is 0 Å². The number of carbonyl (C=O) groups is 1. The Morgan fingerprint density at radius 1 is 1.26 bits per heavy atom. The molecule has 0 unspecified atom stereocenters. The highest BCUT2D eigenvalue weighted by molar-refractivity contribution is 5.94. The molecule has 0 radical (unpaired) electrons. The predicted octanol–water partition coefficient (Wildman–Crippen LogP) is 2.80. The van der Waals surface area contributed by atoms with Crippen LogP contribution in [-0.2, 0) is 11.3 Å². The van der Waals surface area contributed by atoms with Crippen LogP contribution in [0, 0.1) is 0 Å². The molecule has 122 valence electrons. The summed E-state index contributed by atoms with van der Waals surface area (Å²) in [5.41, 5.74) is 2.53. The lowest BCUT2D eigenvalue weighted by atomic mass is 10.2. The van der Waals surface area contributed by atoms with Crippen molar-refractivity contribution >= 4 is 11.6 Å². The lowest BCUT2D eigenvalue weighted by molar-refractivity contribution is 0.0784. The maximum absolute atomic E-state index is 12.5. The molecule has 1 aromatic heterocycles. The maximum atomic E-state index is 12.5. The summed E-state index contributed by atoms with van der Waals surface area (Å²) in [5.74, 6) is -0.0399. The normalized spacial score (nSPS) is 10.3. The van der Waals surface area contributed by atoms with Gasteiger partial charge in [-0.25, -0.2) is 0 Å². The predicted molar refractivity (Wildman–Crippen MR) is 91.5 cm³/mol. The van der Waals surface area contributed by atoms with Gasteiger partial charge in [0.1, 0.15) is 0 Å². The molecule has 0 spiro atoms. The van der Waals surface area contributed by atoms with Crippen LogP contribution in [0.4, 0.5) is 5.69 Å². The third-order valence-corrected chi connectivity index (χ3v) is 3.45. The number of amides is 1. The molecular formula is C18H23N3O2. The second-order valence-electron chi connectivity index (χ2n) is 5.38. The second kappa shape index (κ2) is 8.90. The molecule has 2 aromatic rings. The molecule has 0 saturated heterocycles. The molecule has 0 aliphatic rings. The molecule has 1 amide bonds. The number of nitrogens with one attached hydrogen (secondary N) is 1. The lowest BCUT2D eigenvalue weighted by Gasteiger charge is -2.17. The van der Waals surface area contributed by atoms with E-state index in [1.54, 1.807) is 31.5 Å². The van der Waals surface area contributed by atoms with Crippen molar-refractivity contribution in [3.05, 3.63) is 59.9 Å². The van der Waals surface area contributed by atoms with Gasteiger partial charge < -0.3 is 15.0 Å². The smallest absolute Gasteiger partial charge is 0.255 e. The molecule has 1 heterocycles. The van der Waals surface area contributed by atoms with Gasteiger partial charge >= 0.3 is 0 Å². The molecular weight excluding hydrogens is 290 g/mol. The minimum atomic E-state index is -0.0399. The van der Waals surface area contributed by atoms with E-state index >= 15 is 0 Å². The van der Waals surface area contributed by atoms with Crippen molar-refractivity contribution in [3.8, 4) is 0 Å². The summed E-state index contributed by atoms with van der Waals surface area (Å²) in [6, 6.07) is 11.8. The summed E-state index contributed by atoms with van der Waals surface area (Å²) in [5, 5.41) is 3.25. The van der Waals surface area contributed by atoms with Gasteiger partial charge in [-0.2, -0.15) is 0 Å². The third-order valence-electron chi connectivity index (χ3n) is 3.45. The minimum Gasteiger partial charge on any atom is -0.385 e. The largest absolute Gasteiger partial charge is 0.385 e. The van der Waals surface area contributed by atoms with Gasteiger partial charge in [-0.3, -0.25) is 9.78 Å². The van der Waals surface area contributed by atoms with Crippen molar-refractivity contribution < 1.29 is 9.53 Å². The lowest BCUT2D eigenvalue weighted by Crippen LogP contribution is -2.26. The van der Waals surface area contributed by atoms with Crippen molar-refractivity contribution in [2.75, 3.05) is 32.6 Å². The molecule has 0 aliphatic carbocycles. The molecule has 0 bridgehead atoms. The molecule has 5 heteroatoms. The Kier molecular flexibility index (Phi) is 6.56. The van der Waals surface area contributed by atoms with Gasteiger partial charge in [0.2, 0.25) is 0 Å². The van der Waals surface area contributed by atoms with Crippen LogP contribution in [0.1, 0.15) is 22.3 Å². The van der Waals surface area contributed by atoms with E-state index in [0.717, 1.165) is 24.2 Å². The zero-order chi connectivity index (χ0) is 16.5. The first-order valence-electron chi connectivity index (χ1n) is 7.68. The molecule has 23 heavy (non-hydrogen) atoms. The van der Waals surface area contributed by atoms with E-state index in [1.807, 2.05) is 36.4 Å². The Balaban J connectivity index is 1.95. The van der Waals surface area contributed by atoms with Crippen LogP contribution in [0.2, 0.25) is 0 Å². The van der Waals surface area contributed by atoms with Gasteiger partial charge in [0.25, 0.3) is 5.91 Å². The van der Waals surface area contributed by atoms with Gasteiger partial charge in [-0.15, -0.1) is 0 Å². The average molecular weight is 313 g/mol. The first-order valence-corrected chi connectivity index (χ1v) is 7.68. The number of hydrogen-bond acceptors (Lipinski definition) is 4. The zero-order valence-electron chi connectivity index (χ0n) is 13.7. The molecule has 1 N–H and O–H groups in total. The van der Waals surface area contributed by atoms with Crippen molar-refractivity contribution in [2.45, 2.75) is 13.0 Å². The Morgan fingerprint density at radius 3 is 2.78 bits per heavy atom. The van der Waals surface area contributed by atoms with Gasteiger partial charge in [-0.1, -0.05) is 30.3 Å². The molecule has 5 nitrogen and oxygen atoms in total. The number of carbonyl (C=O) groups excluding carboxylic acids is 1. The summed E-state index contributed by atoms with van der Waals surface area (Å²) >= 11 is 0. The van der Waals surface area contributed by atoms with E-state index < -0.39 is 0 Å². The average Bonchev–Trinajstić information content (AvgIpc) is 2.59. The van der Waals surface area contributed by atoms with Gasteiger partial charge in [0.15, 0.2) is 0 Å². The van der Waals surface area contributed by atoms with E-state index in [-0.39, 0.29) is 5.91 Å². The molecule has 1 aromatic carbocycles. The van der Waals surface area contributed by atoms with Gasteiger partial charge in [0.05, 0.1) is 11.3 Å². The summed E-state index contributed by atoms with van der Waals surface area (Å²) < 4.78 is 5.01. The van der Waals surface area contributed by atoms with E-state index in [0.29, 0.717) is 18.7 Å². The summed E-state index contributed by atoms with van der Waals surface area (Å²) in [6.45, 7) is 2.07. The maximum Gasteiger partial charge on any atom is 0.255 e. The van der Waals surface area contributed by atoms with Crippen LogP contribution in [0.3, 0.4) is 0 Å². The molecule has 0 aliphatic heterocycles. The fraction of sp³-hybridized carbons (Fsp3) is 0.333. The highest BCUT2D eigenvalue weighted by Crippen LogP contribution is 2.12. The number of rotatable bonds is 8. The summed E-state index contributed by atoms with van der Waals surface area (Å²) in [4.78, 5) is 18.4. The first kappa shape index (κ1) is 17.0. The first-order chi connectivity index (χ1) is 11.2. The van der Waals surface area contributed by atoms with E-state index in [9.17, 15) is 4.79 Å². The topological polar surface area (TPSA) is 54.5 Å². The van der Waals surface area contributed by atoms with Gasteiger partial charge in [-0.05, 0) is 18.1 Å². The van der Waals surface area contributed by atoms with Crippen LogP contribution in [0.25, 0.3) is 0 Å². The van der Waals surface area contributed by atoms with Crippen LogP contribution >= 0.6 is 0 Å². The summed E-state index contributed by atoms with van der Waals surface area (Å²) in [7, 11) is 3.48. The van der Waals surface area contributed by atoms with Crippen molar-refractivity contribution in [3.63, 3.8) is 0 Å². The number of benzene rings is 1. The highest BCUT2D eigenvalue weighted by Gasteiger charge is 2.13. The Labute approximate surface area is 137 Å². The molecule has 0 fully saturated rings. The number of anilines is 1.